The molecule has 0 saturated carbocycles. The molecule has 0 amide bonds. The van der Waals surface area contributed by atoms with Crippen molar-refractivity contribution in [2.45, 2.75) is 19.8 Å². The summed E-state index contributed by atoms with van der Waals surface area (Å²) in [5.74, 6) is 1.71. The molecule has 0 aliphatic heterocycles. The van der Waals surface area contributed by atoms with E-state index < -0.39 is 0 Å². The Balaban J connectivity index is 1.78. The number of nitrogens with zero attached hydrogens (tertiary/aromatic N) is 1. The van der Waals surface area contributed by atoms with Crippen LogP contribution in [0.5, 0.6) is 0 Å². The van der Waals surface area contributed by atoms with Crippen LogP contribution in [-0.2, 0) is 12.8 Å². The first-order valence-electron chi connectivity index (χ1n) is 7.33. The minimum absolute atomic E-state index is 0.744. The molecule has 3 aromatic rings. The molecule has 1 aliphatic carbocycles. The lowest BCUT2D eigenvalue weighted by Crippen LogP contribution is -1.81. The van der Waals surface area contributed by atoms with Crippen LogP contribution in [0, 0.1) is 0 Å². The molecule has 0 aromatic carbocycles. The Morgan fingerprint density at radius 1 is 1.32 bits per heavy atom. The molecule has 3 heterocycles. The molecule has 2 nitrogen and oxygen atoms in total. The summed E-state index contributed by atoms with van der Waals surface area (Å²) in [4.78, 5) is 7.18. The predicted octanol–water partition coefficient (Wildman–Crippen LogP) is 5.82. The molecule has 0 bridgehead atoms. The quantitative estimate of drug-likeness (QED) is 0.606. The fourth-order valence-electron chi connectivity index (χ4n) is 2.59. The van der Waals surface area contributed by atoms with Gasteiger partial charge in [-0.3, -0.25) is 0 Å². The molecule has 4 heteroatoms. The van der Waals surface area contributed by atoms with Crippen LogP contribution in [-0.4, -0.2) is 4.98 Å². The highest BCUT2D eigenvalue weighted by Crippen LogP contribution is 2.36. The topological polar surface area (TPSA) is 26.0 Å². The van der Waals surface area contributed by atoms with Crippen molar-refractivity contribution in [3.8, 4) is 22.0 Å². The van der Waals surface area contributed by atoms with Crippen LogP contribution in [0.2, 0.25) is 0 Å². The molecule has 0 atom stereocenters. The molecule has 0 radical (unpaired) electrons. The highest BCUT2D eigenvalue weighted by Gasteiger charge is 2.18. The normalized spacial score (nSPS) is 13.3. The molecule has 0 unspecified atom stereocenters. The smallest absolute Gasteiger partial charge is 0.237 e. The molecule has 110 valence electrons. The molecular formula is C18H15NOS2. The molecule has 3 aromatic heterocycles. The van der Waals surface area contributed by atoms with Crippen LogP contribution < -0.4 is 0 Å². The number of aromatic nitrogens is 1. The summed E-state index contributed by atoms with van der Waals surface area (Å²) in [6.45, 7) is 2.11. The van der Waals surface area contributed by atoms with Gasteiger partial charge < -0.3 is 4.42 Å². The Kier molecular flexibility index (Phi) is 3.56. The predicted molar refractivity (Wildman–Crippen MR) is 94.4 cm³/mol. The van der Waals surface area contributed by atoms with Crippen molar-refractivity contribution in [2.24, 2.45) is 0 Å². The van der Waals surface area contributed by atoms with Gasteiger partial charge in [0.15, 0.2) is 0 Å². The number of allylic oxidation sites excluding steroid dienone is 3. The van der Waals surface area contributed by atoms with Gasteiger partial charge in [0.25, 0.3) is 0 Å². The molecule has 0 spiro atoms. The summed E-state index contributed by atoms with van der Waals surface area (Å²) in [6, 6.07) is 4.31. The van der Waals surface area contributed by atoms with E-state index in [1.807, 2.05) is 0 Å². The van der Waals surface area contributed by atoms with Crippen molar-refractivity contribution in [1.82, 2.24) is 4.98 Å². The van der Waals surface area contributed by atoms with Gasteiger partial charge in [-0.2, -0.15) is 11.3 Å². The standard InChI is InChI=1S/C18H15NOS2/c1-2-14-17(13-8-9-21-11-13)19-18(20-14)16-10-12-6-4-3-5-7-15(12)22-16/h3-5,7-11H,2,6H2,1H3. The minimum atomic E-state index is 0.744. The highest BCUT2D eigenvalue weighted by molar-refractivity contribution is 7.16. The maximum atomic E-state index is 6.04. The van der Waals surface area contributed by atoms with Crippen LogP contribution >= 0.6 is 22.7 Å². The van der Waals surface area contributed by atoms with Crippen LogP contribution in [0.15, 0.2) is 45.5 Å². The molecule has 0 saturated heterocycles. The number of hydrogen-bond acceptors (Lipinski definition) is 4. The van der Waals surface area contributed by atoms with Crippen molar-refractivity contribution in [1.29, 1.82) is 0 Å². The Bertz CT molecular complexity index is 850. The fourth-order valence-corrected chi connectivity index (χ4v) is 4.26. The highest BCUT2D eigenvalue weighted by atomic mass is 32.1. The van der Waals surface area contributed by atoms with E-state index >= 15 is 0 Å². The van der Waals surface area contributed by atoms with Crippen molar-refractivity contribution in [2.75, 3.05) is 0 Å². The van der Waals surface area contributed by atoms with Crippen molar-refractivity contribution in [3.05, 3.63) is 57.3 Å². The van der Waals surface area contributed by atoms with Gasteiger partial charge in [-0.25, -0.2) is 4.98 Å². The molecule has 1 aliphatic rings. The number of thiophene rings is 2. The third kappa shape index (κ3) is 2.38. The van der Waals surface area contributed by atoms with E-state index in [1.165, 1.54) is 10.4 Å². The Morgan fingerprint density at radius 3 is 3.09 bits per heavy atom. The maximum absolute atomic E-state index is 6.04. The van der Waals surface area contributed by atoms with Crippen LogP contribution in [0.3, 0.4) is 0 Å². The first-order valence-corrected chi connectivity index (χ1v) is 9.09. The summed E-state index contributed by atoms with van der Waals surface area (Å²) in [7, 11) is 0. The lowest BCUT2D eigenvalue weighted by atomic mass is 10.2. The van der Waals surface area contributed by atoms with E-state index in [0.717, 1.165) is 40.6 Å². The largest absolute Gasteiger partial charge is 0.440 e. The van der Waals surface area contributed by atoms with Crippen molar-refractivity contribution < 1.29 is 4.42 Å². The summed E-state index contributed by atoms with van der Waals surface area (Å²) < 4.78 is 6.04. The van der Waals surface area contributed by atoms with Gasteiger partial charge in [0, 0.05) is 22.2 Å². The zero-order chi connectivity index (χ0) is 14.9. The van der Waals surface area contributed by atoms with E-state index in [2.05, 4.69) is 54.1 Å². The molecule has 0 fully saturated rings. The second-order valence-corrected chi connectivity index (χ2v) is 7.01. The lowest BCUT2D eigenvalue weighted by molar-refractivity contribution is 0.526. The van der Waals surface area contributed by atoms with Gasteiger partial charge in [-0.15, -0.1) is 11.3 Å². The fraction of sp³-hybridized carbons (Fsp3) is 0.167. The Labute approximate surface area is 137 Å². The van der Waals surface area contributed by atoms with Crippen LogP contribution in [0.1, 0.15) is 23.1 Å². The Hall–Kier alpha value is -1.91. The van der Waals surface area contributed by atoms with Crippen molar-refractivity contribution >= 4 is 28.7 Å². The van der Waals surface area contributed by atoms with E-state index in [-0.39, 0.29) is 0 Å². The number of aryl methyl sites for hydroxylation is 1. The average molecular weight is 325 g/mol. The molecule has 4 rings (SSSR count). The zero-order valence-corrected chi connectivity index (χ0v) is 13.8. The monoisotopic (exact) mass is 325 g/mol. The third-order valence-corrected chi connectivity index (χ3v) is 5.51. The van der Waals surface area contributed by atoms with Gasteiger partial charge in [-0.05, 0) is 35.6 Å². The van der Waals surface area contributed by atoms with Crippen LogP contribution in [0.25, 0.3) is 28.1 Å². The SMILES string of the molecule is CCc1oc(-c2cc3c(s2)C=CC=CC3)nc1-c1ccsc1. The minimum Gasteiger partial charge on any atom is -0.440 e. The summed E-state index contributed by atoms with van der Waals surface area (Å²) in [6.07, 6.45) is 10.4. The van der Waals surface area contributed by atoms with E-state index in [4.69, 9.17) is 9.40 Å². The van der Waals surface area contributed by atoms with Gasteiger partial charge in [-0.1, -0.05) is 25.2 Å². The van der Waals surface area contributed by atoms with Gasteiger partial charge >= 0.3 is 0 Å². The van der Waals surface area contributed by atoms with Gasteiger partial charge in [0.2, 0.25) is 5.89 Å². The van der Waals surface area contributed by atoms with Crippen molar-refractivity contribution in [3.63, 3.8) is 0 Å². The molecule has 22 heavy (non-hydrogen) atoms. The van der Waals surface area contributed by atoms with E-state index in [1.54, 1.807) is 22.7 Å². The zero-order valence-electron chi connectivity index (χ0n) is 12.2. The summed E-state index contributed by atoms with van der Waals surface area (Å²) >= 11 is 3.44. The molecular weight excluding hydrogens is 310 g/mol. The van der Waals surface area contributed by atoms with Gasteiger partial charge in [0.05, 0.1) is 4.88 Å². The maximum Gasteiger partial charge on any atom is 0.237 e. The lowest BCUT2D eigenvalue weighted by Gasteiger charge is -1.92. The van der Waals surface area contributed by atoms with E-state index in [9.17, 15) is 0 Å². The van der Waals surface area contributed by atoms with E-state index in [0.29, 0.717) is 0 Å². The number of oxazole rings is 1. The summed E-state index contributed by atoms with van der Waals surface area (Å²) in [5.41, 5.74) is 3.48. The first kappa shape index (κ1) is 13.7. The average Bonchev–Trinajstić information content (AvgIpc) is 3.23. The third-order valence-electron chi connectivity index (χ3n) is 3.70. The second-order valence-electron chi connectivity index (χ2n) is 5.15. The number of rotatable bonds is 3. The van der Waals surface area contributed by atoms with Crippen LogP contribution in [0.4, 0.5) is 0 Å². The molecule has 0 N–H and O–H groups in total. The first-order chi connectivity index (χ1) is 10.8. The second kappa shape index (κ2) is 5.71. The van der Waals surface area contributed by atoms with Gasteiger partial charge in [0.1, 0.15) is 11.5 Å². The number of hydrogen-bond donors (Lipinski definition) is 0. The Morgan fingerprint density at radius 2 is 2.27 bits per heavy atom. The summed E-state index contributed by atoms with van der Waals surface area (Å²) in [5, 5.41) is 4.20. The number of fused-ring (bicyclic) bond motifs is 1.